The van der Waals surface area contributed by atoms with E-state index in [2.05, 4.69) is 6.58 Å². The van der Waals surface area contributed by atoms with Gasteiger partial charge in [-0.15, -0.1) is 0 Å². The van der Waals surface area contributed by atoms with E-state index in [9.17, 15) is 0 Å². The van der Waals surface area contributed by atoms with Crippen LogP contribution in [0.15, 0.2) is 36.1 Å². The minimum Gasteiger partial charge on any atom is -0.399 e. The lowest BCUT2D eigenvalue weighted by Gasteiger charge is -1.92. The van der Waals surface area contributed by atoms with Crippen molar-refractivity contribution in [2.75, 3.05) is 6.61 Å². The van der Waals surface area contributed by atoms with E-state index in [0.29, 0.717) is 5.70 Å². The fourth-order valence-electron chi connectivity index (χ4n) is 0.544. The molecule has 62 valence electrons. The predicted octanol–water partition coefficient (Wildman–Crippen LogP) is 1.34. The van der Waals surface area contributed by atoms with Crippen molar-refractivity contribution < 1.29 is 5.11 Å². The van der Waals surface area contributed by atoms with Gasteiger partial charge in [0.2, 0.25) is 0 Å². The molecule has 0 aromatic rings. The molecule has 0 unspecified atom stereocenters. The maximum atomic E-state index is 8.62. The Kier molecular flexibility index (Phi) is 5.21. The summed E-state index contributed by atoms with van der Waals surface area (Å²) in [5, 5.41) is 8.62. The molecule has 0 aliphatic carbocycles. The van der Waals surface area contributed by atoms with Gasteiger partial charge >= 0.3 is 0 Å². The zero-order valence-electron chi connectivity index (χ0n) is 6.88. The van der Waals surface area contributed by atoms with Crippen LogP contribution >= 0.6 is 0 Å². The topological polar surface area (TPSA) is 46.2 Å². The van der Waals surface area contributed by atoms with E-state index in [1.807, 2.05) is 19.1 Å². The lowest BCUT2D eigenvalue weighted by Crippen LogP contribution is -1.91. The molecule has 0 aliphatic heterocycles. The summed E-state index contributed by atoms with van der Waals surface area (Å²) >= 11 is 0. The van der Waals surface area contributed by atoms with E-state index in [1.165, 1.54) is 0 Å². The van der Waals surface area contributed by atoms with Gasteiger partial charge in [0.05, 0.1) is 6.61 Å². The van der Waals surface area contributed by atoms with Crippen LogP contribution in [0, 0.1) is 0 Å². The highest BCUT2D eigenvalue weighted by Crippen LogP contribution is 1.96. The summed E-state index contributed by atoms with van der Waals surface area (Å²) in [4.78, 5) is 0. The Hall–Kier alpha value is -1.02. The van der Waals surface area contributed by atoms with Crippen LogP contribution in [-0.2, 0) is 0 Å². The number of hydrogen-bond acceptors (Lipinski definition) is 2. The molecular formula is C9H15NO. The van der Waals surface area contributed by atoms with Crippen LogP contribution in [0.25, 0.3) is 0 Å². The van der Waals surface area contributed by atoms with Gasteiger partial charge < -0.3 is 10.8 Å². The van der Waals surface area contributed by atoms with Gasteiger partial charge in [0, 0.05) is 5.70 Å². The molecule has 0 spiro atoms. The number of allylic oxidation sites excluding steroid dienone is 3. The quantitative estimate of drug-likeness (QED) is 0.473. The maximum absolute atomic E-state index is 8.62. The molecule has 3 N–H and O–H groups in total. The Morgan fingerprint density at radius 2 is 2.18 bits per heavy atom. The second-order valence-corrected chi connectivity index (χ2v) is 2.35. The largest absolute Gasteiger partial charge is 0.399 e. The SMILES string of the molecule is C=C/C(N)=C\C/C=C(\C)CO. The van der Waals surface area contributed by atoms with Crippen molar-refractivity contribution in [1.29, 1.82) is 0 Å². The normalized spacial score (nSPS) is 13.3. The molecule has 0 aromatic carbocycles. The first-order valence-electron chi connectivity index (χ1n) is 3.55. The number of aliphatic hydroxyl groups excluding tert-OH is 1. The number of nitrogens with two attached hydrogens (primary N) is 1. The van der Waals surface area contributed by atoms with Gasteiger partial charge in [-0.05, 0) is 19.4 Å². The molecule has 0 radical (unpaired) electrons. The lowest BCUT2D eigenvalue weighted by atomic mass is 10.2. The lowest BCUT2D eigenvalue weighted by molar-refractivity contribution is 0.331. The van der Waals surface area contributed by atoms with Crippen molar-refractivity contribution >= 4 is 0 Å². The van der Waals surface area contributed by atoms with Crippen molar-refractivity contribution in [2.24, 2.45) is 5.73 Å². The average Bonchev–Trinajstić information content (AvgIpc) is 2.04. The fraction of sp³-hybridized carbons (Fsp3) is 0.333. The van der Waals surface area contributed by atoms with Gasteiger partial charge in [-0.25, -0.2) is 0 Å². The van der Waals surface area contributed by atoms with Crippen LogP contribution in [0.1, 0.15) is 13.3 Å². The summed E-state index contributed by atoms with van der Waals surface area (Å²) < 4.78 is 0. The molecule has 0 bridgehead atoms. The van der Waals surface area contributed by atoms with Gasteiger partial charge in [0.25, 0.3) is 0 Å². The molecule has 0 atom stereocenters. The van der Waals surface area contributed by atoms with Gasteiger partial charge in [0.1, 0.15) is 0 Å². The minimum atomic E-state index is 0.113. The van der Waals surface area contributed by atoms with Gasteiger partial charge in [-0.1, -0.05) is 24.3 Å². The van der Waals surface area contributed by atoms with Crippen molar-refractivity contribution in [3.63, 3.8) is 0 Å². The summed E-state index contributed by atoms with van der Waals surface area (Å²) in [6, 6.07) is 0. The highest BCUT2D eigenvalue weighted by molar-refractivity contribution is 5.14. The smallest absolute Gasteiger partial charge is 0.0639 e. The van der Waals surface area contributed by atoms with Crippen LogP contribution in [0.3, 0.4) is 0 Å². The molecule has 0 heterocycles. The van der Waals surface area contributed by atoms with E-state index >= 15 is 0 Å². The second-order valence-electron chi connectivity index (χ2n) is 2.35. The molecular weight excluding hydrogens is 138 g/mol. The maximum Gasteiger partial charge on any atom is 0.0639 e. The zero-order valence-corrected chi connectivity index (χ0v) is 6.88. The van der Waals surface area contributed by atoms with Gasteiger partial charge in [-0.2, -0.15) is 0 Å². The molecule has 11 heavy (non-hydrogen) atoms. The first-order valence-corrected chi connectivity index (χ1v) is 3.55. The summed E-state index contributed by atoms with van der Waals surface area (Å²) in [5.74, 6) is 0. The predicted molar refractivity (Wildman–Crippen MR) is 47.9 cm³/mol. The van der Waals surface area contributed by atoms with E-state index in [-0.39, 0.29) is 6.61 Å². The molecule has 0 saturated heterocycles. The Labute approximate surface area is 67.7 Å². The van der Waals surface area contributed by atoms with E-state index in [1.54, 1.807) is 6.08 Å². The van der Waals surface area contributed by atoms with Gasteiger partial charge in [-0.3, -0.25) is 0 Å². The minimum absolute atomic E-state index is 0.113. The summed E-state index contributed by atoms with van der Waals surface area (Å²) in [6.07, 6.45) is 6.13. The molecule has 0 fully saturated rings. The Bertz CT molecular complexity index is 180. The highest BCUT2D eigenvalue weighted by Gasteiger charge is 1.83. The standard InChI is InChI=1S/C9H15NO/c1-3-9(10)6-4-5-8(2)7-11/h3,5-6,11H,1,4,7,10H2,2H3/b8-5+,9-6+. The number of aliphatic hydroxyl groups is 1. The van der Waals surface area contributed by atoms with E-state index in [0.717, 1.165) is 12.0 Å². The molecule has 0 rings (SSSR count). The molecule has 0 aliphatic rings. The van der Waals surface area contributed by atoms with E-state index < -0.39 is 0 Å². The van der Waals surface area contributed by atoms with Crippen LogP contribution < -0.4 is 5.73 Å². The molecule has 0 saturated carbocycles. The third-order valence-electron chi connectivity index (χ3n) is 1.30. The monoisotopic (exact) mass is 153 g/mol. The van der Waals surface area contributed by atoms with E-state index in [4.69, 9.17) is 10.8 Å². The van der Waals surface area contributed by atoms with Gasteiger partial charge in [0.15, 0.2) is 0 Å². The first-order chi connectivity index (χ1) is 5.20. The van der Waals surface area contributed by atoms with Crippen LogP contribution in [-0.4, -0.2) is 11.7 Å². The first kappa shape index (κ1) is 9.98. The molecule has 0 aromatic heterocycles. The summed E-state index contributed by atoms with van der Waals surface area (Å²) in [5.41, 5.74) is 7.08. The van der Waals surface area contributed by atoms with Crippen molar-refractivity contribution in [1.82, 2.24) is 0 Å². The Balaban J connectivity index is 3.80. The third kappa shape index (κ3) is 5.43. The Morgan fingerprint density at radius 1 is 1.55 bits per heavy atom. The number of hydrogen-bond donors (Lipinski definition) is 2. The van der Waals surface area contributed by atoms with Crippen LogP contribution in [0.4, 0.5) is 0 Å². The van der Waals surface area contributed by atoms with Crippen molar-refractivity contribution in [3.8, 4) is 0 Å². The van der Waals surface area contributed by atoms with Crippen molar-refractivity contribution in [2.45, 2.75) is 13.3 Å². The van der Waals surface area contributed by atoms with Crippen LogP contribution in [0.2, 0.25) is 0 Å². The Morgan fingerprint density at radius 3 is 2.64 bits per heavy atom. The second kappa shape index (κ2) is 5.74. The molecule has 0 amide bonds. The molecule has 2 nitrogen and oxygen atoms in total. The average molecular weight is 153 g/mol. The van der Waals surface area contributed by atoms with Crippen LogP contribution in [0.5, 0.6) is 0 Å². The highest BCUT2D eigenvalue weighted by atomic mass is 16.3. The molecule has 2 heteroatoms. The zero-order chi connectivity index (χ0) is 8.69. The van der Waals surface area contributed by atoms with Crippen molar-refractivity contribution in [3.05, 3.63) is 36.1 Å². The fourth-order valence-corrected chi connectivity index (χ4v) is 0.544. The third-order valence-corrected chi connectivity index (χ3v) is 1.30. The summed E-state index contributed by atoms with van der Waals surface area (Å²) in [7, 11) is 0. The number of rotatable bonds is 4. The summed E-state index contributed by atoms with van der Waals surface area (Å²) in [6.45, 7) is 5.50.